The number of furan rings is 1. The summed E-state index contributed by atoms with van der Waals surface area (Å²) in [6.45, 7) is 0. The van der Waals surface area contributed by atoms with Crippen molar-refractivity contribution in [2.45, 2.75) is 6.42 Å². The van der Waals surface area contributed by atoms with Crippen molar-refractivity contribution in [1.29, 1.82) is 0 Å². The maximum Gasteiger partial charge on any atom is 0.309 e. The van der Waals surface area contributed by atoms with Crippen molar-refractivity contribution in [3.63, 3.8) is 0 Å². The summed E-state index contributed by atoms with van der Waals surface area (Å²) in [7, 11) is 1.39. The summed E-state index contributed by atoms with van der Waals surface area (Å²) < 4.78 is 10.5. The standard InChI is InChI=1S/C16H13NO3/c1-19-16(18)8-11-4-5-14-13(7-11)9-15(20-14)12-3-2-6-17-10-12/h2-7,9-10H,8H2,1H3. The van der Waals surface area contributed by atoms with Crippen LogP contribution in [-0.4, -0.2) is 18.1 Å². The Morgan fingerprint density at radius 2 is 2.20 bits per heavy atom. The summed E-state index contributed by atoms with van der Waals surface area (Å²) in [5, 5.41) is 0.963. The van der Waals surface area contributed by atoms with Crippen LogP contribution in [-0.2, 0) is 16.0 Å². The molecule has 0 atom stereocenters. The predicted octanol–water partition coefficient (Wildman–Crippen LogP) is 3.21. The molecular weight excluding hydrogens is 254 g/mol. The molecule has 3 rings (SSSR count). The van der Waals surface area contributed by atoms with Crippen LogP contribution in [0.25, 0.3) is 22.3 Å². The molecule has 4 heteroatoms. The number of nitrogens with zero attached hydrogens (tertiary/aromatic N) is 1. The summed E-state index contributed by atoms with van der Waals surface area (Å²) in [5.41, 5.74) is 2.62. The van der Waals surface area contributed by atoms with Crippen LogP contribution in [0.15, 0.2) is 53.2 Å². The molecule has 0 N–H and O–H groups in total. The minimum absolute atomic E-state index is 0.250. The molecule has 2 heterocycles. The Kier molecular flexibility index (Phi) is 3.21. The van der Waals surface area contributed by atoms with Crippen molar-refractivity contribution >= 4 is 16.9 Å². The first-order valence-corrected chi connectivity index (χ1v) is 6.26. The van der Waals surface area contributed by atoms with Crippen LogP contribution in [0.3, 0.4) is 0 Å². The molecule has 100 valence electrons. The van der Waals surface area contributed by atoms with E-state index in [0.717, 1.165) is 27.9 Å². The Morgan fingerprint density at radius 3 is 2.95 bits per heavy atom. The second-order valence-corrected chi connectivity index (χ2v) is 4.48. The van der Waals surface area contributed by atoms with Gasteiger partial charge in [0.1, 0.15) is 11.3 Å². The number of pyridine rings is 1. The molecule has 1 aromatic carbocycles. The van der Waals surface area contributed by atoms with Crippen molar-refractivity contribution in [3.8, 4) is 11.3 Å². The van der Waals surface area contributed by atoms with Gasteiger partial charge in [-0.3, -0.25) is 9.78 Å². The number of hydrogen-bond donors (Lipinski definition) is 0. The highest BCUT2D eigenvalue weighted by Crippen LogP contribution is 2.28. The number of esters is 1. The van der Waals surface area contributed by atoms with Gasteiger partial charge in [0, 0.05) is 23.3 Å². The molecule has 0 spiro atoms. The lowest BCUT2D eigenvalue weighted by atomic mass is 10.1. The van der Waals surface area contributed by atoms with Crippen molar-refractivity contribution in [2.75, 3.05) is 7.11 Å². The average molecular weight is 267 g/mol. The van der Waals surface area contributed by atoms with E-state index >= 15 is 0 Å². The molecule has 0 fully saturated rings. The van der Waals surface area contributed by atoms with Crippen molar-refractivity contribution < 1.29 is 13.9 Å². The predicted molar refractivity (Wildman–Crippen MR) is 75.2 cm³/mol. The van der Waals surface area contributed by atoms with Crippen molar-refractivity contribution in [3.05, 3.63) is 54.4 Å². The number of hydrogen-bond acceptors (Lipinski definition) is 4. The summed E-state index contributed by atoms with van der Waals surface area (Å²) in [4.78, 5) is 15.4. The summed E-state index contributed by atoms with van der Waals surface area (Å²) in [5.74, 6) is 0.517. The van der Waals surface area contributed by atoms with Gasteiger partial charge < -0.3 is 9.15 Å². The fourth-order valence-corrected chi connectivity index (χ4v) is 2.09. The molecule has 20 heavy (non-hydrogen) atoms. The first-order valence-electron chi connectivity index (χ1n) is 6.26. The molecule has 0 saturated carbocycles. The van der Waals surface area contributed by atoms with E-state index in [1.54, 1.807) is 12.4 Å². The number of carbonyl (C=O) groups excluding carboxylic acids is 1. The molecule has 0 bridgehead atoms. The molecule has 3 aromatic rings. The summed E-state index contributed by atoms with van der Waals surface area (Å²) in [6.07, 6.45) is 3.74. The molecule has 0 aliphatic heterocycles. The zero-order valence-electron chi connectivity index (χ0n) is 11.0. The topological polar surface area (TPSA) is 52.3 Å². The van der Waals surface area contributed by atoms with Gasteiger partial charge in [0.2, 0.25) is 0 Å². The lowest BCUT2D eigenvalue weighted by Gasteiger charge is -1.99. The third-order valence-electron chi connectivity index (χ3n) is 3.10. The molecular formula is C16H13NO3. The maximum absolute atomic E-state index is 11.3. The smallest absolute Gasteiger partial charge is 0.309 e. The Bertz CT molecular complexity index is 747. The summed E-state index contributed by atoms with van der Waals surface area (Å²) in [6, 6.07) is 11.4. The van der Waals surface area contributed by atoms with Gasteiger partial charge in [0.05, 0.1) is 13.5 Å². The fraction of sp³-hybridized carbons (Fsp3) is 0.125. The lowest BCUT2D eigenvalue weighted by Crippen LogP contribution is -2.03. The quantitative estimate of drug-likeness (QED) is 0.684. The monoisotopic (exact) mass is 267 g/mol. The van der Waals surface area contributed by atoms with Crippen LogP contribution >= 0.6 is 0 Å². The number of ether oxygens (including phenoxy) is 1. The van der Waals surface area contributed by atoms with Gasteiger partial charge >= 0.3 is 5.97 Å². The molecule has 0 aliphatic rings. The molecule has 2 aromatic heterocycles. The highest BCUT2D eigenvalue weighted by Gasteiger charge is 2.08. The van der Waals surface area contributed by atoms with Gasteiger partial charge in [0.25, 0.3) is 0 Å². The number of rotatable bonds is 3. The number of benzene rings is 1. The Morgan fingerprint density at radius 1 is 1.30 bits per heavy atom. The third kappa shape index (κ3) is 2.40. The second kappa shape index (κ2) is 5.17. The highest BCUT2D eigenvalue weighted by atomic mass is 16.5. The molecule has 0 unspecified atom stereocenters. The van der Waals surface area contributed by atoms with Crippen molar-refractivity contribution in [1.82, 2.24) is 4.98 Å². The largest absolute Gasteiger partial charge is 0.469 e. The van der Waals surface area contributed by atoms with E-state index < -0.39 is 0 Å². The minimum atomic E-state index is -0.250. The SMILES string of the molecule is COC(=O)Cc1ccc2oc(-c3cccnc3)cc2c1. The first kappa shape index (κ1) is 12.4. The van der Waals surface area contributed by atoms with E-state index in [4.69, 9.17) is 4.42 Å². The zero-order valence-corrected chi connectivity index (χ0v) is 11.0. The average Bonchev–Trinajstić information content (AvgIpc) is 2.91. The van der Waals surface area contributed by atoms with E-state index in [9.17, 15) is 4.79 Å². The normalized spacial score (nSPS) is 10.7. The maximum atomic E-state index is 11.3. The molecule has 0 amide bonds. The van der Waals surface area contributed by atoms with Crippen LogP contribution in [0.4, 0.5) is 0 Å². The van der Waals surface area contributed by atoms with E-state index in [1.807, 2.05) is 36.4 Å². The van der Waals surface area contributed by atoms with E-state index in [1.165, 1.54) is 7.11 Å². The van der Waals surface area contributed by atoms with Crippen LogP contribution in [0.2, 0.25) is 0 Å². The van der Waals surface area contributed by atoms with Crippen molar-refractivity contribution in [2.24, 2.45) is 0 Å². The Hall–Kier alpha value is -2.62. The van der Waals surface area contributed by atoms with Gasteiger partial charge in [-0.25, -0.2) is 0 Å². The molecule has 0 radical (unpaired) electrons. The van der Waals surface area contributed by atoms with E-state index in [-0.39, 0.29) is 12.4 Å². The Balaban J connectivity index is 1.97. The first-order chi connectivity index (χ1) is 9.76. The third-order valence-corrected chi connectivity index (χ3v) is 3.10. The molecule has 4 nitrogen and oxygen atoms in total. The molecule has 0 saturated heterocycles. The van der Waals surface area contributed by atoms with Gasteiger partial charge in [-0.15, -0.1) is 0 Å². The van der Waals surface area contributed by atoms with Gasteiger partial charge in [-0.05, 0) is 35.9 Å². The zero-order chi connectivity index (χ0) is 13.9. The molecule has 0 aliphatic carbocycles. The lowest BCUT2D eigenvalue weighted by molar-refractivity contribution is -0.139. The number of fused-ring (bicyclic) bond motifs is 1. The van der Waals surface area contributed by atoms with Crippen LogP contribution in [0.1, 0.15) is 5.56 Å². The number of methoxy groups -OCH3 is 1. The fourth-order valence-electron chi connectivity index (χ4n) is 2.09. The number of carbonyl (C=O) groups is 1. The highest BCUT2D eigenvalue weighted by molar-refractivity contribution is 5.84. The summed E-state index contributed by atoms with van der Waals surface area (Å²) >= 11 is 0. The number of aromatic nitrogens is 1. The van der Waals surface area contributed by atoms with Crippen LogP contribution in [0, 0.1) is 0 Å². The van der Waals surface area contributed by atoms with Crippen LogP contribution < -0.4 is 0 Å². The Labute approximate surface area is 116 Å². The second-order valence-electron chi connectivity index (χ2n) is 4.48. The van der Waals surface area contributed by atoms with Gasteiger partial charge in [-0.2, -0.15) is 0 Å². The van der Waals surface area contributed by atoms with Crippen LogP contribution in [0.5, 0.6) is 0 Å². The van der Waals surface area contributed by atoms with E-state index in [0.29, 0.717) is 0 Å². The minimum Gasteiger partial charge on any atom is -0.469 e. The van der Waals surface area contributed by atoms with Gasteiger partial charge in [0.15, 0.2) is 0 Å². The van der Waals surface area contributed by atoms with E-state index in [2.05, 4.69) is 9.72 Å². The van der Waals surface area contributed by atoms with Gasteiger partial charge in [-0.1, -0.05) is 6.07 Å².